The summed E-state index contributed by atoms with van der Waals surface area (Å²) in [4.78, 5) is 6.81. The van der Waals surface area contributed by atoms with E-state index in [1.807, 2.05) is 36.3 Å². The van der Waals surface area contributed by atoms with Crippen molar-refractivity contribution in [3.63, 3.8) is 0 Å². The summed E-state index contributed by atoms with van der Waals surface area (Å²) >= 11 is 0. The molecule has 1 fully saturated rings. The van der Waals surface area contributed by atoms with Crippen molar-refractivity contribution < 1.29 is 4.74 Å². The van der Waals surface area contributed by atoms with E-state index >= 15 is 0 Å². The topological polar surface area (TPSA) is 54.7 Å². The first-order valence-electron chi connectivity index (χ1n) is 9.79. The van der Waals surface area contributed by atoms with Crippen molar-refractivity contribution in [2.24, 2.45) is 16.8 Å². The number of hydrogen-bond acceptors (Lipinski definition) is 3. The third-order valence-corrected chi connectivity index (χ3v) is 4.93. The van der Waals surface area contributed by atoms with Crippen LogP contribution in [0.3, 0.4) is 0 Å². The summed E-state index contributed by atoms with van der Waals surface area (Å²) in [6.07, 6.45) is 4.98. The molecule has 1 aromatic heterocycles. The summed E-state index contributed by atoms with van der Waals surface area (Å²) in [5.74, 6) is 2.04. The van der Waals surface area contributed by atoms with Gasteiger partial charge >= 0.3 is 0 Å². The molecule has 0 saturated carbocycles. The van der Waals surface area contributed by atoms with E-state index in [2.05, 4.69) is 51.5 Å². The zero-order valence-electron chi connectivity index (χ0n) is 16.4. The Morgan fingerprint density at radius 1 is 1.33 bits per heavy atom. The molecule has 3 rings (SSSR count). The molecule has 6 heteroatoms. The highest BCUT2D eigenvalue weighted by molar-refractivity contribution is 5.80. The fourth-order valence-corrected chi connectivity index (χ4v) is 3.47. The second kappa shape index (κ2) is 10.1. The lowest BCUT2D eigenvalue weighted by atomic mass is 10.1. The molecule has 1 N–H and O–H groups in total. The molecule has 2 heterocycles. The number of aromatic nitrogens is 2. The molecule has 2 aromatic rings. The number of benzene rings is 1. The molecule has 0 radical (unpaired) electrons. The molecule has 1 aliphatic heterocycles. The van der Waals surface area contributed by atoms with Gasteiger partial charge in [0.25, 0.3) is 0 Å². The van der Waals surface area contributed by atoms with E-state index < -0.39 is 0 Å². The number of hydrogen-bond donors (Lipinski definition) is 1. The Hall–Kier alpha value is -2.34. The monoisotopic (exact) mass is 369 g/mol. The largest absolute Gasteiger partial charge is 0.376 e. The maximum atomic E-state index is 5.93. The highest BCUT2D eigenvalue weighted by Crippen LogP contribution is 2.17. The van der Waals surface area contributed by atoms with Crippen LogP contribution in [0.1, 0.15) is 18.9 Å². The third-order valence-electron chi connectivity index (χ3n) is 4.93. The summed E-state index contributed by atoms with van der Waals surface area (Å²) in [5.41, 5.74) is 1.23. The van der Waals surface area contributed by atoms with E-state index in [4.69, 9.17) is 4.74 Å². The first-order valence-corrected chi connectivity index (χ1v) is 9.79. The molecule has 0 aliphatic carbocycles. The Morgan fingerprint density at radius 3 is 2.93 bits per heavy atom. The van der Waals surface area contributed by atoms with Gasteiger partial charge in [-0.1, -0.05) is 37.3 Å². The highest BCUT2D eigenvalue weighted by atomic mass is 16.5. The number of likely N-dealkylation sites (tertiary alicyclic amines) is 1. The lowest BCUT2D eigenvalue weighted by molar-refractivity contribution is 0.0906. The van der Waals surface area contributed by atoms with Crippen LogP contribution in [-0.2, 0) is 17.9 Å². The van der Waals surface area contributed by atoms with Crippen molar-refractivity contribution in [2.45, 2.75) is 26.5 Å². The summed E-state index contributed by atoms with van der Waals surface area (Å²) < 4.78 is 7.90. The minimum atomic E-state index is 0.481. The zero-order valence-corrected chi connectivity index (χ0v) is 16.4. The standard InChI is InChI=1S/C21H31N5O/c1-18(14-26-11-6-10-24-26)13-23-21(22-2)25-12-9-20(15-25)17-27-16-19-7-4-3-5-8-19/h3-8,10-11,18,20H,9,12-17H2,1-2H3,(H,22,23). The molecule has 0 bridgehead atoms. The van der Waals surface area contributed by atoms with E-state index in [1.54, 1.807) is 0 Å². The van der Waals surface area contributed by atoms with Crippen molar-refractivity contribution in [1.29, 1.82) is 0 Å². The van der Waals surface area contributed by atoms with E-state index in [0.717, 1.165) is 45.2 Å². The van der Waals surface area contributed by atoms with Gasteiger partial charge in [-0.15, -0.1) is 0 Å². The van der Waals surface area contributed by atoms with Gasteiger partial charge in [0.05, 0.1) is 13.2 Å². The number of nitrogens with one attached hydrogen (secondary N) is 1. The van der Waals surface area contributed by atoms with Crippen molar-refractivity contribution in [3.05, 3.63) is 54.4 Å². The summed E-state index contributed by atoms with van der Waals surface area (Å²) in [5, 5.41) is 7.80. The second-order valence-corrected chi connectivity index (χ2v) is 7.36. The average molecular weight is 370 g/mol. The number of guanidine groups is 1. The van der Waals surface area contributed by atoms with Crippen LogP contribution >= 0.6 is 0 Å². The maximum absolute atomic E-state index is 5.93. The molecule has 146 valence electrons. The zero-order chi connectivity index (χ0) is 18.9. The van der Waals surface area contributed by atoms with Gasteiger partial charge in [-0.3, -0.25) is 9.67 Å². The molecule has 27 heavy (non-hydrogen) atoms. The molecule has 1 aliphatic rings. The van der Waals surface area contributed by atoms with Crippen LogP contribution in [0.4, 0.5) is 0 Å². The van der Waals surface area contributed by atoms with Crippen LogP contribution in [0, 0.1) is 11.8 Å². The van der Waals surface area contributed by atoms with Crippen LogP contribution in [-0.4, -0.2) is 53.9 Å². The van der Waals surface area contributed by atoms with E-state index in [0.29, 0.717) is 18.4 Å². The Bertz CT molecular complexity index is 686. The predicted octanol–water partition coefficient (Wildman–Crippen LogP) is 2.63. The van der Waals surface area contributed by atoms with Gasteiger partial charge in [0.2, 0.25) is 0 Å². The average Bonchev–Trinajstić information content (AvgIpc) is 3.36. The summed E-state index contributed by atoms with van der Waals surface area (Å²) in [6.45, 7) is 7.55. The molecule has 1 aromatic carbocycles. The Morgan fingerprint density at radius 2 is 2.19 bits per heavy atom. The van der Waals surface area contributed by atoms with E-state index in [1.165, 1.54) is 5.56 Å². The SMILES string of the molecule is CN=C(NCC(C)Cn1cccn1)N1CCC(COCc2ccccc2)C1. The quantitative estimate of drug-likeness (QED) is 0.574. The lowest BCUT2D eigenvalue weighted by Crippen LogP contribution is -2.42. The van der Waals surface area contributed by atoms with Crippen LogP contribution in [0.2, 0.25) is 0 Å². The number of nitrogens with zero attached hydrogens (tertiary/aromatic N) is 4. The third kappa shape index (κ3) is 6.10. The van der Waals surface area contributed by atoms with E-state index in [9.17, 15) is 0 Å². The van der Waals surface area contributed by atoms with Crippen LogP contribution in [0.15, 0.2) is 53.8 Å². The smallest absolute Gasteiger partial charge is 0.193 e. The fraction of sp³-hybridized carbons (Fsp3) is 0.524. The van der Waals surface area contributed by atoms with Crippen molar-refractivity contribution in [2.75, 3.05) is 33.3 Å². The molecule has 0 spiro atoms. The molecule has 2 unspecified atom stereocenters. The van der Waals surface area contributed by atoms with Gasteiger partial charge in [-0.2, -0.15) is 5.10 Å². The molecule has 1 saturated heterocycles. The van der Waals surface area contributed by atoms with Crippen molar-refractivity contribution >= 4 is 5.96 Å². The van der Waals surface area contributed by atoms with Gasteiger partial charge < -0.3 is 15.0 Å². The summed E-state index contributed by atoms with van der Waals surface area (Å²) in [7, 11) is 1.86. The van der Waals surface area contributed by atoms with Crippen LogP contribution in [0.5, 0.6) is 0 Å². The van der Waals surface area contributed by atoms with Crippen LogP contribution < -0.4 is 5.32 Å². The van der Waals surface area contributed by atoms with Crippen molar-refractivity contribution in [3.8, 4) is 0 Å². The van der Waals surface area contributed by atoms with Crippen LogP contribution in [0.25, 0.3) is 0 Å². The lowest BCUT2D eigenvalue weighted by Gasteiger charge is -2.23. The van der Waals surface area contributed by atoms with Gasteiger partial charge in [-0.25, -0.2) is 0 Å². The normalized spacial score (nSPS) is 18.7. The molecule has 2 atom stereocenters. The maximum Gasteiger partial charge on any atom is 0.193 e. The van der Waals surface area contributed by atoms with Gasteiger partial charge in [0.1, 0.15) is 0 Å². The minimum Gasteiger partial charge on any atom is -0.376 e. The van der Waals surface area contributed by atoms with E-state index in [-0.39, 0.29) is 0 Å². The number of rotatable bonds is 8. The first kappa shape index (κ1) is 19.4. The first-order chi connectivity index (χ1) is 13.2. The van der Waals surface area contributed by atoms with Gasteiger partial charge in [0.15, 0.2) is 5.96 Å². The summed E-state index contributed by atoms with van der Waals surface area (Å²) in [6, 6.07) is 12.3. The predicted molar refractivity (Wildman–Crippen MR) is 109 cm³/mol. The highest BCUT2D eigenvalue weighted by Gasteiger charge is 2.25. The Labute approximate surface area is 162 Å². The second-order valence-electron chi connectivity index (χ2n) is 7.36. The number of aliphatic imine (C=N–C) groups is 1. The molecular formula is C21H31N5O. The fourth-order valence-electron chi connectivity index (χ4n) is 3.47. The molecule has 6 nitrogen and oxygen atoms in total. The number of ether oxygens (including phenoxy) is 1. The minimum absolute atomic E-state index is 0.481. The Kier molecular flexibility index (Phi) is 7.27. The van der Waals surface area contributed by atoms with Crippen molar-refractivity contribution in [1.82, 2.24) is 20.0 Å². The Balaban J connectivity index is 1.37. The molecular weight excluding hydrogens is 338 g/mol. The van der Waals surface area contributed by atoms with Gasteiger partial charge in [0, 0.05) is 51.5 Å². The van der Waals surface area contributed by atoms with Gasteiger partial charge in [-0.05, 0) is 24.0 Å². The molecule has 0 amide bonds.